The van der Waals surface area contributed by atoms with E-state index in [4.69, 9.17) is 0 Å². The molecule has 1 aromatic heterocycles. The van der Waals surface area contributed by atoms with Gasteiger partial charge in [-0.05, 0) is 30.7 Å². The Bertz CT molecular complexity index is 369. The number of piperidine rings is 1. The van der Waals surface area contributed by atoms with Gasteiger partial charge in [-0.15, -0.1) is 0 Å². The van der Waals surface area contributed by atoms with Gasteiger partial charge in [0.15, 0.2) is 0 Å². The Morgan fingerprint density at radius 2 is 2.22 bits per heavy atom. The number of nitrogens with one attached hydrogen (secondary N) is 1. The molecule has 0 aromatic carbocycles. The Hall–Kier alpha value is -0.830. The van der Waals surface area contributed by atoms with Crippen LogP contribution in [0.1, 0.15) is 58.7 Å². The van der Waals surface area contributed by atoms with Crippen molar-refractivity contribution in [3.63, 3.8) is 0 Å². The van der Waals surface area contributed by atoms with Crippen LogP contribution in [-0.4, -0.2) is 16.1 Å². The van der Waals surface area contributed by atoms with E-state index < -0.39 is 0 Å². The highest BCUT2D eigenvalue weighted by molar-refractivity contribution is 5.06. The third-order valence-electron chi connectivity index (χ3n) is 4.36. The largest absolute Gasteiger partial charge is 0.333 e. The predicted molar refractivity (Wildman–Crippen MR) is 75.4 cm³/mol. The quantitative estimate of drug-likeness (QED) is 0.890. The summed E-state index contributed by atoms with van der Waals surface area (Å²) in [5.41, 5.74) is 1.72. The number of hydrogen-bond acceptors (Lipinski definition) is 2. The van der Waals surface area contributed by atoms with Crippen molar-refractivity contribution in [3.8, 4) is 0 Å². The molecule has 0 saturated carbocycles. The number of imidazole rings is 1. The van der Waals surface area contributed by atoms with Crippen LogP contribution in [0.15, 0.2) is 12.5 Å². The first-order valence-corrected chi connectivity index (χ1v) is 7.22. The van der Waals surface area contributed by atoms with E-state index >= 15 is 0 Å². The van der Waals surface area contributed by atoms with Crippen molar-refractivity contribution in [1.82, 2.24) is 14.9 Å². The van der Waals surface area contributed by atoms with Gasteiger partial charge in [0.25, 0.3) is 0 Å². The van der Waals surface area contributed by atoms with E-state index in [9.17, 15) is 0 Å². The SMILES string of the molecule is CC(Cn1cncc1C1CCCCN1)C(C)(C)C. The van der Waals surface area contributed by atoms with E-state index in [1.807, 2.05) is 12.5 Å². The van der Waals surface area contributed by atoms with E-state index in [2.05, 4.69) is 42.6 Å². The van der Waals surface area contributed by atoms with E-state index in [1.54, 1.807) is 0 Å². The Morgan fingerprint density at radius 1 is 1.44 bits per heavy atom. The molecule has 0 radical (unpaired) electrons. The Morgan fingerprint density at radius 3 is 2.83 bits per heavy atom. The molecule has 0 aliphatic carbocycles. The van der Waals surface area contributed by atoms with Crippen molar-refractivity contribution < 1.29 is 0 Å². The third-order valence-corrected chi connectivity index (χ3v) is 4.36. The lowest BCUT2D eigenvalue weighted by molar-refractivity contribution is 0.228. The Balaban J connectivity index is 2.07. The van der Waals surface area contributed by atoms with Crippen molar-refractivity contribution in [2.24, 2.45) is 11.3 Å². The zero-order valence-corrected chi connectivity index (χ0v) is 12.2. The van der Waals surface area contributed by atoms with E-state index in [0.29, 0.717) is 17.4 Å². The lowest BCUT2D eigenvalue weighted by Gasteiger charge is -2.30. The monoisotopic (exact) mass is 249 g/mol. The zero-order valence-electron chi connectivity index (χ0n) is 12.2. The van der Waals surface area contributed by atoms with Gasteiger partial charge in [0, 0.05) is 18.8 Å². The Kier molecular flexibility index (Phi) is 4.10. The van der Waals surface area contributed by atoms with Crippen LogP contribution in [0.25, 0.3) is 0 Å². The van der Waals surface area contributed by atoms with Gasteiger partial charge in [-0.1, -0.05) is 34.1 Å². The molecule has 2 atom stereocenters. The van der Waals surface area contributed by atoms with Crippen LogP contribution < -0.4 is 5.32 Å². The molecule has 1 aliphatic heterocycles. The third kappa shape index (κ3) is 3.14. The van der Waals surface area contributed by atoms with Crippen LogP contribution in [0.5, 0.6) is 0 Å². The van der Waals surface area contributed by atoms with Crippen LogP contribution in [0, 0.1) is 11.3 Å². The minimum Gasteiger partial charge on any atom is -0.333 e. The van der Waals surface area contributed by atoms with Crippen molar-refractivity contribution in [2.75, 3.05) is 6.54 Å². The fourth-order valence-electron chi connectivity index (χ4n) is 2.45. The molecule has 1 fully saturated rings. The number of rotatable bonds is 3. The van der Waals surface area contributed by atoms with Crippen LogP contribution >= 0.6 is 0 Å². The maximum atomic E-state index is 4.36. The summed E-state index contributed by atoms with van der Waals surface area (Å²) in [6, 6.07) is 0.508. The molecule has 3 heteroatoms. The normalized spacial score (nSPS) is 23.0. The summed E-state index contributed by atoms with van der Waals surface area (Å²) in [5.74, 6) is 0.647. The smallest absolute Gasteiger partial charge is 0.0948 e. The van der Waals surface area contributed by atoms with Gasteiger partial charge in [-0.25, -0.2) is 4.98 Å². The molecular weight excluding hydrogens is 222 g/mol. The van der Waals surface area contributed by atoms with Gasteiger partial charge in [0.1, 0.15) is 0 Å². The minimum absolute atomic E-state index is 0.349. The van der Waals surface area contributed by atoms with Crippen LogP contribution in [-0.2, 0) is 6.54 Å². The van der Waals surface area contributed by atoms with Gasteiger partial charge >= 0.3 is 0 Å². The molecule has 1 aromatic rings. The maximum Gasteiger partial charge on any atom is 0.0948 e. The summed E-state index contributed by atoms with van der Waals surface area (Å²) < 4.78 is 2.35. The fraction of sp³-hybridized carbons (Fsp3) is 0.800. The fourth-order valence-corrected chi connectivity index (χ4v) is 2.45. The topological polar surface area (TPSA) is 29.9 Å². The lowest BCUT2D eigenvalue weighted by atomic mass is 9.82. The highest BCUT2D eigenvalue weighted by Gasteiger charge is 2.23. The molecule has 0 bridgehead atoms. The molecule has 3 nitrogen and oxygen atoms in total. The first kappa shape index (κ1) is 13.6. The highest BCUT2D eigenvalue weighted by Crippen LogP contribution is 2.29. The second-order valence-corrected chi connectivity index (χ2v) is 6.74. The summed E-state index contributed by atoms with van der Waals surface area (Å²) in [4.78, 5) is 4.36. The van der Waals surface area contributed by atoms with Crippen molar-refractivity contribution in [1.29, 1.82) is 0 Å². The van der Waals surface area contributed by atoms with Crippen LogP contribution in [0.4, 0.5) is 0 Å². The van der Waals surface area contributed by atoms with Gasteiger partial charge in [0.05, 0.1) is 12.0 Å². The second-order valence-electron chi connectivity index (χ2n) is 6.74. The van der Waals surface area contributed by atoms with Crippen molar-refractivity contribution >= 4 is 0 Å². The summed E-state index contributed by atoms with van der Waals surface area (Å²) in [7, 11) is 0. The highest BCUT2D eigenvalue weighted by atomic mass is 15.1. The van der Waals surface area contributed by atoms with Crippen molar-refractivity contribution in [2.45, 2.75) is 59.5 Å². The summed E-state index contributed by atoms with van der Waals surface area (Å²) in [6.07, 6.45) is 7.92. The summed E-state index contributed by atoms with van der Waals surface area (Å²) in [5, 5.41) is 3.61. The first-order chi connectivity index (χ1) is 8.48. The molecule has 1 N–H and O–H groups in total. The molecule has 0 amide bonds. The Labute approximate surface area is 111 Å². The molecular formula is C15H27N3. The molecule has 1 aliphatic rings. The second kappa shape index (κ2) is 5.43. The molecule has 18 heavy (non-hydrogen) atoms. The molecule has 0 spiro atoms. The van der Waals surface area contributed by atoms with Crippen molar-refractivity contribution in [3.05, 3.63) is 18.2 Å². The maximum absolute atomic E-state index is 4.36. The molecule has 1 saturated heterocycles. The average Bonchev–Trinajstić information content (AvgIpc) is 2.77. The van der Waals surface area contributed by atoms with Gasteiger partial charge in [-0.2, -0.15) is 0 Å². The summed E-state index contributed by atoms with van der Waals surface area (Å²) in [6.45, 7) is 11.5. The van der Waals surface area contributed by atoms with Gasteiger partial charge < -0.3 is 9.88 Å². The number of nitrogens with zero attached hydrogens (tertiary/aromatic N) is 2. The minimum atomic E-state index is 0.349. The average molecular weight is 249 g/mol. The van der Waals surface area contributed by atoms with Gasteiger partial charge in [0.2, 0.25) is 0 Å². The van der Waals surface area contributed by atoms with Gasteiger partial charge in [-0.3, -0.25) is 0 Å². The zero-order chi connectivity index (χ0) is 13.2. The van der Waals surface area contributed by atoms with Crippen LogP contribution in [0.2, 0.25) is 0 Å². The molecule has 2 unspecified atom stereocenters. The molecule has 102 valence electrons. The predicted octanol–water partition coefficient (Wildman–Crippen LogP) is 3.38. The van der Waals surface area contributed by atoms with E-state index in [0.717, 1.165) is 13.1 Å². The van der Waals surface area contributed by atoms with Crippen LogP contribution in [0.3, 0.4) is 0 Å². The molecule has 2 rings (SSSR count). The summed E-state index contributed by atoms with van der Waals surface area (Å²) >= 11 is 0. The van der Waals surface area contributed by atoms with E-state index in [1.165, 1.54) is 25.0 Å². The number of aromatic nitrogens is 2. The molecule has 2 heterocycles. The lowest BCUT2D eigenvalue weighted by Crippen LogP contribution is -2.30. The van der Waals surface area contributed by atoms with E-state index in [-0.39, 0.29) is 0 Å². The standard InChI is InChI=1S/C15H27N3/c1-12(15(2,3)4)10-18-11-16-9-14(18)13-7-5-6-8-17-13/h9,11-13,17H,5-8,10H2,1-4H3. The first-order valence-electron chi connectivity index (χ1n) is 7.22. The number of hydrogen-bond donors (Lipinski definition) is 1.